The Kier molecular flexibility index (Phi) is 4.20. The van der Waals surface area contributed by atoms with Gasteiger partial charge in [-0.1, -0.05) is 12.1 Å². The van der Waals surface area contributed by atoms with Gasteiger partial charge >= 0.3 is 0 Å². The number of nitrogens with zero attached hydrogens (tertiary/aromatic N) is 1. The van der Waals surface area contributed by atoms with Crippen molar-refractivity contribution < 1.29 is 18.7 Å². The van der Waals surface area contributed by atoms with E-state index in [0.717, 1.165) is 11.3 Å². The van der Waals surface area contributed by atoms with Gasteiger partial charge in [0.15, 0.2) is 0 Å². The predicted octanol–water partition coefficient (Wildman–Crippen LogP) is 2.56. The largest absolute Gasteiger partial charge is 0.497 e. The molecule has 0 spiro atoms. The van der Waals surface area contributed by atoms with Crippen LogP contribution in [-0.4, -0.2) is 18.9 Å². The Morgan fingerprint density at radius 1 is 1.25 bits per heavy atom. The molecule has 3 rings (SSSR count). The van der Waals surface area contributed by atoms with Crippen LogP contribution >= 0.6 is 0 Å². The molecule has 2 amide bonds. The van der Waals surface area contributed by atoms with E-state index in [9.17, 15) is 14.0 Å². The third kappa shape index (κ3) is 2.95. The van der Waals surface area contributed by atoms with Gasteiger partial charge in [-0.3, -0.25) is 9.59 Å². The topological polar surface area (TPSA) is 58.6 Å². The SMILES string of the molecule is COc1ccc(CN2C(=O)C(NC(C)=O)c3cc(F)ccc32)cc1. The molecule has 1 aliphatic heterocycles. The first-order valence-corrected chi connectivity index (χ1v) is 7.50. The van der Waals surface area contributed by atoms with Crippen LogP contribution in [0.25, 0.3) is 0 Å². The van der Waals surface area contributed by atoms with Crippen molar-refractivity contribution in [3.05, 3.63) is 59.4 Å². The van der Waals surface area contributed by atoms with E-state index < -0.39 is 11.9 Å². The molecule has 124 valence electrons. The lowest BCUT2D eigenvalue weighted by atomic mass is 10.1. The fraction of sp³-hybridized carbons (Fsp3) is 0.222. The molecule has 1 atom stereocenters. The third-order valence-electron chi connectivity index (χ3n) is 3.95. The van der Waals surface area contributed by atoms with Gasteiger partial charge in [0.05, 0.1) is 19.3 Å². The second kappa shape index (κ2) is 6.31. The van der Waals surface area contributed by atoms with Crippen molar-refractivity contribution in [1.29, 1.82) is 0 Å². The van der Waals surface area contributed by atoms with Crippen LogP contribution in [0.1, 0.15) is 24.1 Å². The Hall–Kier alpha value is -2.89. The van der Waals surface area contributed by atoms with E-state index in [4.69, 9.17) is 4.74 Å². The number of amides is 2. The Balaban J connectivity index is 1.93. The number of hydrogen-bond donors (Lipinski definition) is 1. The molecule has 1 unspecified atom stereocenters. The summed E-state index contributed by atoms with van der Waals surface area (Å²) in [5.41, 5.74) is 1.99. The lowest BCUT2D eigenvalue weighted by molar-refractivity contribution is -0.126. The van der Waals surface area contributed by atoms with Gasteiger partial charge in [-0.2, -0.15) is 0 Å². The standard InChI is InChI=1S/C18H17FN2O3/c1-11(22)20-17-15-9-13(19)5-8-16(15)21(18(17)23)10-12-3-6-14(24-2)7-4-12/h3-9,17H,10H2,1-2H3,(H,20,22). The number of ether oxygens (including phenoxy) is 1. The summed E-state index contributed by atoms with van der Waals surface area (Å²) < 4.78 is 18.7. The maximum atomic E-state index is 13.6. The number of benzene rings is 2. The number of methoxy groups -OCH3 is 1. The van der Waals surface area contributed by atoms with Crippen LogP contribution in [-0.2, 0) is 16.1 Å². The second-order valence-corrected chi connectivity index (χ2v) is 5.61. The molecular formula is C18H17FN2O3. The number of nitrogens with one attached hydrogen (secondary N) is 1. The minimum absolute atomic E-state index is 0.276. The molecule has 0 saturated carbocycles. The first-order chi connectivity index (χ1) is 11.5. The average Bonchev–Trinajstić information content (AvgIpc) is 2.80. The third-order valence-corrected chi connectivity index (χ3v) is 3.95. The van der Waals surface area contributed by atoms with Crippen LogP contribution in [0.3, 0.4) is 0 Å². The van der Waals surface area contributed by atoms with Gasteiger partial charge in [-0.25, -0.2) is 4.39 Å². The lowest BCUT2D eigenvalue weighted by Crippen LogP contribution is -2.36. The van der Waals surface area contributed by atoms with E-state index in [1.165, 1.54) is 19.1 Å². The quantitative estimate of drug-likeness (QED) is 0.938. The number of anilines is 1. The van der Waals surface area contributed by atoms with E-state index in [0.29, 0.717) is 17.8 Å². The molecule has 0 bridgehead atoms. The Bertz CT molecular complexity index is 789. The number of halogens is 1. The zero-order valence-corrected chi connectivity index (χ0v) is 13.4. The maximum absolute atomic E-state index is 13.6. The molecule has 5 nitrogen and oxygen atoms in total. The maximum Gasteiger partial charge on any atom is 0.254 e. The van der Waals surface area contributed by atoms with Crippen LogP contribution in [0.5, 0.6) is 5.75 Å². The second-order valence-electron chi connectivity index (χ2n) is 5.61. The highest BCUT2D eigenvalue weighted by molar-refractivity contribution is 6.06. The smallest absolute Gasteiger partial charge is 0.254 e. The molecular weight excluding hydrogens is 311 g/mol. The number of fused-ring (bicyclic) bond motifs is 1. The minimum atomic E-state index is -0.855. The molecule has 2 aromatic carbocycles. The van der Waals surface area contributed by atoms with Crippen LogP contribution in [0, 0.1) is 5.82 Å². The summed E-state index contributed by atoms with van der Waals surface area (Å²) in [4.78, 5) is 25.6. The molecule has 24 heavy (non-hydrogen) atoms. The average molecular weight is 328 g/mol. The molecule has 0 saturated heterocycles. The zero-order valence-electron chi connectivity index (χ0n) is 13.4. The van der Waals surface area contributed by atoms with Crippen molar-refractivity contribution in [3.8, 4) is 5.75 Å². The zero-order chi connectivity index (χ0) is 17.3. The molecule has 2 aromatic rings. The van der Waals surface area contributed by atoms with Gasteiger partial charge < -0.3 is 15.0 Å². The summed E-state index contributed by atoms with van der Waals surface area (Å²) in [5.74, 6) is -0.329. The van der Waals surface area contributed by atoms with E-state index in [-0.39, 0.29) is 11.8 Å². The fourth-order valence-electron chi connectivity index (χ4n) is 2.83. The van der Waals surface area contributed by atoms with E-state index in [1.54, 1.807) is 18.1 Å². The number of rotatable bonds is 4. The summed E-state index contributed by atoms with van der Waals surface area (Å²) in [6.45, 7) is 1.66. The Labute approximate surface area is 139 Å². The van der Waals surface area contributed by atoms with E-state index in [1.807, 2.05) is 24.3 Å². The van der Waals surface area contributed by atoms with Gasteiger partial charge in [0.2, 0.25) is 5.91 Å². The summed E-state index contributed by atoms with van der Waals surface area (Å²) >= 11 is 0. The van der Waals surface area contributed by atoms with Crippen molar-refractivity contribution in [2.45, 2.75) is 19.5 Å². The van der Waals surface area contributed by atoms with Crippen molar-refractivity contribution in [1.82, 2.24) is 5.32 Å². The lowest BCUT2D eigenvalue weighted by Gasteiger charge is -2.18. The van der Waals surface area contributed by atoms with Crippen molar-refractivity contribution in [3.63, 3.8) is 0 Å². The first kappa shape index (κ1) is 16.0. The molecule has 1 N–H and O–H groups in total. The summed E-state index contributed by atoms with van der Waals surface area (Å²) in [7, 11) is 1.59. The van der Waals surface area contributed by atoms with Gasteiger partial charge in [0.25, 0.3) is 5.91 Å². The van der Waals surface area contributed by atoms with E-state index >= 15 is 0 Å². The Morgan fingerprint density at radius 3 is 2.58 bits per heavy atom. The van der Waals surface area contributed by atoms with Crippen LogP contribution in [0.4, 0.5) is 10.1 Å². The van der Waals surface area contributed by atoms with Gasteiger partial charge in [0.1, 0.15) is 17.6 Å². The molecule has 6 heteroatoms. The van der Waals surface area contributed by atoms with Crippen LogP contribution < -0.4 is 15.0 Å². The molecule has 0 radical (unpaired) electrons. The first-order valence-electron chi connectivity index (χ1n) is 7.50. The van der Waals surface area contributed by atoms with Crippen LogP contribution in [0.15, 0.2) is 42.5 Å². The highest BCUT2D eigenvalue weighted by Crippen LogP contribution is 2.37. The van der Waals surface area contributed by atoms with E-state index in [2.05, 4.69) is 5.32 Å². The summed E-state index contributed by atoms with van der Waals surface area (Å²) in [6.07, 6.45) is 0. The number of carbonyl (C=O) groups is 2. The molecule has 0 aliphatic carbocycles. The van der Waals surface area contributed by atoms with Crippen LogP contribution in [0.2, 0.25) is 0 Å². The highest BCUT2D eigenvalue weighted by Gasteiger charge is 2.38. The van der Waals surface area contributed by atoms with Crippen molar-refractivity contribution in [2.24, 2.45) is 0 Å². The van der Waals surface area contributed by atoms with Gasteiger partial charge in [-0.05, 0) is 35.9 Å². The van der Waals surface area contributed by atoms with Crippen molar-refractivity contribution in [2.75, 3.05) is 12.0 Å². The van der Waals surface area contributed by atoms with Gasteiger partial charge in [-0.15, -0.1) is 0 Å². The number of carbonyl (C=O) groups excluding carboxylic acids is 2. The monoisotopic (exact) mass is 328 g/mol. The number of hydrogen-bond acceptors (Lipinski definition) is 3. The van der Waals surface area contributed by atoms with Gasteiger partial charge in [0, 0.05) is 12.5 Å². The minimum Gasteiger partial charge on any atom is -0.497 e. The normalized spacial score (nSPS) is 16.0. The molecule has 1 heterocycles. The fourth-order valence-corrected chi connectivity index (χ4v) is 2.83. The molecule has 1 aliphatic rings. The molecule has 0 fully saturated rings. The summed E-state index contributed by atoms with van der Waals surface area (Å²) in [5, 5.41) is 2.59. The summed E-state index contributed by atoms with van der Waals surface area (Å²) in [6, 6.07) is 10.7. The predicted molar refractivity (Wildman–Crippen MR) is 87.1 cm³/mol. The molecule has 0 aromatic heterocycles. The Morgan fingerprint density at radius 2 is 1.96 bits per heavy atom. The van der Waals surface area contributed by atoms with Crippen molar-refractivity contribution >= 4 is 17.5 Å². The highest BCUT2D eigenvalue weighted by atomic mass is 19.1.